The largest absolute Gasteiger partial charge is 0.388 e. The van der Waals surface area contributed by atoms with Gasteiger partial charge in [0.2, 0.25) is 0 Å². The minimum absolute atomic E-state index is 0.0420. The Bertz CT molecular complexity index is 558. The van der Waals surface area contributed by atoms with Gasteiger partial charge in [-0.15, -0.1) is 0 Å². The van der Waals surface area contributed by atoms with Crippen molar-refractivity contribution in [1.82, 2.24) is 0 Å². The maximum absolute atomic E-state index is 11.4. The summed E-state index contributed by atoms with van der Waals surface area (Å²) in [6, 6.07) is 11.7. The van der Waals surface area contributed by atoms with Crippen molar-refractivity contribution in [3.63, 3.8) is 0 Å². The lowest BCUT2D eigenvalue weighted by Gasteiger charge is -2.04. The third-order valence-electron chi connectivity index (χ3n) is 2.60. The van der Waals surface area contributed by atoms with Crippen LogP contribution in [0.25, 0.3) is 10.8 Å². The van der Waals surface area contributed by atoms with E-state index in [2.05, 4.69) is 18.0 Å². The molecule has 16 heavy (non-hydrogen) atoms. The van der Waals surface area contributed by atoms with Gasteiger partial charge in [0.25, 0.3) is 0 Å². The molecule has 0 atom stereocenters. The summed E-state index contributed by atoms with van der Waals surface area (Å²) in [5.41, 5.74) is 1.75. The topological polar surface area (TPSA) is 29.1 Å². The van der Waals surface area contributed by atoms with E-state index in [1.54, 1.807) is 0 Å². The SMILES string of the molecule is C=CC(=O)c1ccc2cc(NC)ccc2c1. The lowest BCUT2D eigenvalue weighted by Crippen LogP contribution is -1.93. The van der Waals surface area contributed by atoms with Gasteiger partial charge in [0.05, 0.1) is 0 Å². The quantitative estimate of drug-likeness (QED) is 0.623. The van der Waals surface area contributed by atoms with Gasteiger partial charge in [0, 0.05) is 18.3 Å². The van der Waals surface area contributed by atoms with E-state index in [1.165, 1.54) is 6.08 Å². The highest BCUT2D eigenvalue weighted by atomic mass is 16.1. The zero-order valence-electron chi connectivity index (χ0n) is 9.16. The van der Waals surface area contributed by atoms with Gasteiger partial charge < -0.3 is 5.32 Å². The molecular formula is C14H13NO. The predicted octanol–water partition coefficient (Wildman–Crippen LogP) is 3.25. The molecule has 2 nitrogen and oxygen atoms in total. The first-order valence-corrected chi connectivity index (χ1v) is 5.13. The number of nitrogens with one attached hydrogen (secondary N) is 1. The highest BCUT2D eigenvalue weighted by Gasteiger charge is 2.02. The molecule has 0 saturated heterocycles. The van der Waals surface area contributed by atoms with E-state index in [9.17, 15) is 4.79 Å². The summed E-state index contributed by atoms with van der Waals surface area (Å²) in [5, 5.41) is 5.26. The summed E-state index contributed by atoms with van der Waals surface area (Å²) in [7, 11) is 1.89. The Morgan fingerprint density at radius 1 is 1.19 bits per heavy atom. The van der Waals surface area contributed by atoms with Crippen molar-refractivity contribution in [3.05, 3.63) is 54.6 Å². The van der Waals surface area contributed by atoms with Crippen LogP contribution in [0, 0.1) is 0 Å². The standard InChI is InChI=1S/C14H13NO/c1-3-14(16)12-5-4-11-9-13(15-2)7-6-10(11)8-12/h3-9,15H,1H2,2H3. The molecule has 2 aromatic carbocycles. The highest BCUT2D eigenvalue weighted by molar-refractivity contribution is 6.06. The predicted molar refractivity (Wildman–Crippen MR) is 68.0 cm³/mol. The normalized spacial score (nSPS) is 10.1. The molecule has 0 bridgehead atoms. The van der Waals surface area contributed by atoms with Crippen LogP contribution in [0.4, 0.5) is 5.69 Å². The molecule has 0 aliphatic heterocycles. The van der Waals surface area contributed by atoms with E-state index < -0.39 is 0 Å². The molecule has 0 saturated carbocycles. The number of allylic oxidation sites excluding steroid dienone is 1. The van der Waals surface area contributed by atoms with E-state index in [-0.39, 0.29) is 5.78 Å². The molecule has 0 aliphatic rings. The van der Waals surface area contributed by atoms with Crippen LogP contribution in [0.1, 0.15) is 10.4 Å². The number of carbonyl (C=O) groups is 1. The molecule has 0 heterocycles. The van der Waals surface area contributed by atoms with Crippen LogP contribution in [0.2, 0.25) is 0 Å². The van der Waals surface area contributed by atoms with Gasteiger partial charge in [-0.3, -0.25) is 4.79 Å². The molecule has 80 valence electrons. The second-order valence-corrected chi connectivity index (χ2v) is 3.60. The van der Waals surface area contributed by atoms with Crippen molar-refractivity contribution in [2.75, 3.05) is 12.4 Å². The summed E-state index contributed by atoms with van der Waals surface area (Å²) in [6.07, 6.45) is 1.34. The lowest BCUT2D eigenvalue weighted by molar-refractivity contribution is 0.104. The molecular weight excluding hydrogens is 198 g/mol. The van der Waals surface area contributed by atoms with Crippen molar-refractivity contribution in [2.45, 2.75) is 0 Å². The number of carbonyl (C=O) groups excluding carboxylic acids is 1. The second kappa shape index (κ2) is 4.19. The third kappa shape index (κ3) is 1.82. The van der Waals surface area contributed by atoms with Crippen molar-refractivity contribution in [2.24, 2.45) is 0 Å². The minimum atomic E-state index is -0.0420. The van der Waals surface area contributed by atoms with E-state index >= 15 is 0 Å². The van der Waals surface area contributed by atoms with Crippen molar-refractivity contribution < 1.29 is 4.79 Å². The summed E-state index contributed by atoms with van der Waals surface area (Å²) >= 11 is 0. The van der Waals surface area contributed by atoms with E-state index in [0.717, 1.165) is 16.5 Å². The van der Waals surface area contributed by atoms with Crippen LogP contribution in [0.15, 0.2) is 49.1 Å². The highest BCUT2D eigenvalue weighted by Crippen LogP contribution is 2.20. The molecule has 2 heteroatoms. The Balaban J connectivity index is 2.55. The first-order valence-electron chi connectivity index (χ1n) is 5.13. The molecule has 0 spiro atoms. The zero-order valence-corrected chi connectivity index (χ0v) is 9.16. The first-order chi connectivity index (χ1) is 7.74. The maximum Gasteiger partial charge on any atom is 0.185 e. The van der Waals surface area contributed by atoms with Gasteiger partial charge in [0.15, 0.2) is 5.78 Å². The zero-order chi connectivity index (χ0) is 11.5. The molecule has 2 aromatic rings. The van der Waals surface area contributed by atoms with Gasteiger partial charge in [-0.25, -0.2) is 0 Å². The number of benzene rings is 2. The Morgan fingerprint density at radius 2 is 1.88 bits per heavy atom. The summed E-state index contributed by atoms with van der Waals surface area (Å²) in [6.45, 7) is 3.48. The third-order valence-corrected chi connectivity index (χ3v) is 2.60. The van der Waals surface area contributed by atoms with Crippen LogP contribution >= 0.6 is 0 Å². The number of ketones is 1. The fourth-order valence-electron chi connectivity index (χ4n) is 1.67. The molecule has 0 unspecified atom stereocenters. The Morgan fingerprint density at radius 3 is 2.56 bits per heavy atom. The van der Waals surface area contributed by atoms with E-state index in [0.29, 0.717) is 5.56 Å². The van der Waals surface area contributed by atoms with Crippen molar-refractivity contribution in [3.8, 4) is 0 Å². The van der Waals surface area contributed by atoms with Gasteiger partial charge >= 0.3 is 0 Å². The average Bonchev–Trinajstić information content (AvgIpc) is 2.36. The van der Waals surface area contributed by atoms with E-state index in [1.807, 2.05) is 37.4 Å². The number of hydrogen-bond acceptors (Lipinski definition) is 2. The Hall–Kier alpha value is -2.09. The number of rotatable bonds is 3. The van der Waals surface area contributed by atoms with Crippen LogP contribution < -0.4 is 5.32 Å². The average molecular weight is 211 g/mol. The molecule has 1 N–H and O–H groups in total. The fraction of sp³-hybridized carbons (Fsp3) is 0.0714. The second-order valence-electron chi connectivity index (χ2n) is 3.60. The van der Waals surface area contributed by atoms with Crippen LogP contribution in [-0.2, 0) is 0 Å². The Labute approximate surface area is 94.6 Å². The van der Waals surface area contributed by atoms with Crippen LogP contribution in [-0.4, -0.2) is 12.8 Å². The molecule has 0 amide bonds. The number of hydrogen-bond donors (Lipinski definition) is 1. The molecule has 0 aliphatic carbocycles. The van der Waals surface area contributed by atoms with E-state index in [4.69, 9.17) is 0 Å². The lowest BCUT2D eigenvalue weighted by atomic mass is 10.0. The van der Waals surface area contributed by atoms with Crippen LogP contribution in [0.3, 0.4) is 0 Å². The summed E-state index contributed by atoms with van der Waals surface area (Å²) in [4.78, 5) is 11.4. The number of fused-ring (bicyclic) bond motifs is 1. The molecule has 0 fully saturated rings. The first kappa shape index (κ1) is 10.4. The van der Waals surface area contributed by atoms with Crippen LogP contribution in [0.5, 0.6) is 0 Å². The smallest absolute Gasteiger partial charge is 0.185 e. The van der Waals surface area contributed by atoms with Gasteiger partial charge in [-0.2, -0.15) is 0 Å². The maximum atomic E-state index is 11.4. The summed E-state index contributed by atoms with van der Waals surface area (Å²) in [5.74, 6) is -0.0420. The fourth-order valence-corrected chi connectivity index (χ4v) is 1.67. The Kier molecular flexibility index (Phi) is 2.73. The minimum Gasteiger partial charge on any atom is -0.388 e. The molecule has 2 rings (SSSR count). The van der Waals surface area contributed by atoms with Crippen molar-refractivity contribution in [1.29, 1.82) is 0 Å². The number of anilines is 1. The van der Waals surface area contributed by atoms with Gasteiger partial charge in [-0.1, -0.05) is 24.8 Å². The summed E-state index contributed by atoms with van der Waals surface area (Å²) < 4.78 is 0. The van der Waals surface area contributed by atoms with Gasteiger partial charge in [0.1, 0.15) is 0 Å². The van der Waals surface area contributed by atoms with Crippen molar-refractivity contribution >= 4 is 22.2 Å². The monoisotopic (exact) mass is 211 g/mol. The molecule has 0 aromatic heterocycles. The van der Waals surface area contributed by atoms with Gasteiger partial charge in [-0.05, 0) is 35.0 Å². The molecule has 0 radical (unpaired) electrons.